The van der Waals surface area contributed by atoms with E-state index in [1.807, 2.05) is 0 Å². The van der Waals surface area contributed by atoms with Crippen LogP contribution in [0.4, 0.5) is 22.0 Å². The second-order valence-corrected chi connectivity index (χ2v) is 7.28. The van der Waals surface area contributed by atoms with Crippen molar-refractivity contribution in [3.63, 3.8) is 0 Å². The minimum Gasteiger partial charge on any atom is -0.475 e. The van der Waals surface area contributed by atoms with E-state index in [-0.39, 0.29) is 22.4 Å². The molecule has 12 heteroatoms. The summed E-state index contributed by atoms with van der Waals surface area (Å²) in [5.74, 6) is -4.37. The number of benzene rings is 1. The average Bonchev–Trinajstić information content (AvgIpc) is 3.18. The van der Waals surface area contributed by atoms with Gasteiger partial charge in [0.25, 0.3) is 5.91 Å². The van der Waals surface area contributed by atoms with Gasteiger partial charge in [0.15, 0.2) is 11.5 Å². The van der Waals surface area contributed by atoms with Gasteiger partial charge in [-0.15, -0.1) is 0 Å². The molecule has 2 aromatic rings. The maximum atomic E-state index is 13.7. The van der Waals surface area contributed by atoms with Gasteiger partial charge in [0.1, 0.15) is 11.6 Å². The first-order chi connectivity index (χ1) is 14.4. The lowest BCUT2D eigenvalue weighted by atomic mass is 9.83. The average molecular weight is 449 g/mol. The maximum Gasteiger partial charge on any atom is 0.490 e. The lowest BCUT2D eigenvalue weighted by Crippen LogP contribution is -2.45. The molecule has 0 spiro atoms. The van der Waals surface area contributed by atoms with Crippen LogP contribution in [-0.2, 0) is 4.79 Å². The molecule has 0 aliphatic carbocycles. The molecule has 1 fully saturated rings. The zero-order valence-corrected chi connectivity index (χ0v) is 16.4. The summed E-state index contributed by atoms with van der Waals surface area (Å²) in [6, 6.07) is 4.34. The standard InChI is InChI=1S/C17H19F2N3O2.C2HF3O2/c1-17(5-2-6-20-9-17)10-21-16(23)14-8-15(24-22-14)12-7-11(18)3-4-13(12)19;3-2(4,5)1(6)7/h3-4,7-8,20H,2,5-6,9-10H2,1H3,(H,21,23);(H,6,7). The Labute approximate surface area is 173 Å². The predicted molar refractivity (Wildman–Crippen MR) is 98.1 cm³/mol. The number of piperidine rings is 1. The molecular formula is C19H20F5N3O4. The molecule has 7 nitrogen and oxygen atoms in total. The molecule has 1 unspecified atom stereocenters. The summed E-state index contributed by atoms with van der Waals surface area (Å²) in [6.45, 7) is 4.45. The van der Waals surface area contributed by atoms with Crippen LogP contribution in [0.25, 0.3) is 11.3 Å². The van der Waals surface area contributed by atoms with Crippen LogP contribution < -0.4 is 10.6 Å². The zero-order chi connectivity index (χ0) is 23.2. The van der Waals surface area contributed by atoms with Gasteiger partial charge >= 0.3 is 12.1 Å². The summed E-state index contributed by atoms with van der Waals surface area (Å²) in [7, 11) is 0. The van der Waals surface area contributed by atoms with E-state index >= 15 is 0 Å². The molecule has 0 bridgehead atoms. The molecule has 3 N–H and O–H groups in total. The van der Waals surface area contributed by atoms with Crippen molar-refractivity contribution in [1.82, 2.24) is 15.8 Å². The Balaban J connectivity index is 0.000000423. The highest BCUT2D eigenvalue weighted by Crippen LogP contribution is 2.26. The number of carboxylic acid groups (broad SMARTS) is 1. The molecule has 2 heterocycles. The van der Waals surface area contributed by atoms with E-state index in [0.29, 0.717) is 6.54 Å². The fourth-order valence-corrected chi connectivity index (χ4v) is 2.85. The van der Waals surface area contributed by atoms with Gasteiger partial charge in [-0.2, -0.15) is 13.2 Å². The number of hydrogen-bond acceptors (Lipinski definition) is 5. The lowest BCUT2D eigenvalue weighted by Gasteiger charge is -2.34. The van der Waals surface area contributed by atoms with E-state index in [1.165, 1.54) is 6.07 Å². The highest BCUT2D eigenvalue weighted by atomic mass is 19.4. The van der Waals surface area contributed by atoms with E-state index in [4.69, 9.17) is 14.4 Å². The minimum absolute atomic E-state index is 0.00482. The molecule has 1 aromatic carbocycles. The number of carbonyl (C=O) groups is 2. The maximum absolute atomic E-state index is 13.7. The largest absolute Gasteiger partial charge is 0.490 e. The molecular weight excluding hydrogens is 429 g/mol. The van der Waals surface area contributed by atoms with Gasteiger partial charge in [-0.1, -0.05) is 12.1 Å². The van der Waals surface area contributed by atoms with Crippen molar-refractivity contribution in [2.45, 2.75) is 25.9 Å². The first-order valence-corrected chi connectivity index (χ1v) is 9.12. The number of carboxylic acids is 1. The first kappa shape index (κ1) is 24.3. The van der Waals surface area contributed by atoms with Crippen molar-refractivity contribution < 1.29 is 41.2 Å². The Morgan fingerprint density at radius 2 is 1.97 bits per heavy atom. The Morgan fingerprint density at radius 3 is 2.55 bits per heavy atom. The van der Waals surface area contributed by atoms with Crippen molar-refractivity contribution in [2.24, 2.45) is 5.41 Å². The van der Waals surface area contributed by atoms with Crippen LogP contribution in [0.3, 0.4) is 0 Å². The third kappa shape index (κ3) is 7.02. The summed E-state index contributed by atoms with van der Waals surface area (Å²) in [4.78, 5) is 21.1. The monoisotopic (exact) mass is 449 g/mol. The zero-order valence-electron chi connectivity index (χ0n) is 16.4. The molecule has 1 aliphatic heterocycles. The second kappa shape index (κ2) is 9.86. The highest BCUT2D eigenvalue weighted by Gasteiger charge is 2.38. The summed E-state index contributed by atoms with van der Waals surface area (Å²) in [5.41, 5.74) is -0.0270. The number of halogens is 5. The Bertz CT molecular complexity index is 924. The minimum atomic E-state index is -5.08. The fourth-order valence-electron chi connectivity index (χ4n) is 2.85. The molecule has 1 amide bonds. The van der Waals surface area contributed by atoms with Crippen LogP contribution in [0.5, 0.6) is 0 Å². The van der Waals surface area contributed by atoms with Crippen molar-refractivity contribution in [3.05, 3.63) is 41.6 Å². The van der Waals surface area contributed by atoms with Crippen LogP contribution in [-0.4, -0.2) is 48.0 Å². The topological polar surface area (TPSA) is 104 Å². The smallest absolute Gasteiger partial charge is 0.475 e. The normalized spacial score (nSPS) is 18.6. The number of carbonyl (C=O) groups excluding carboxylic acids is 1. The van der Waals surface area contributed by atoms with Gasteiger partial charge in [-0.3, -0.25) is 4.79 Å². The number of nitrogens with one attached hydrogen (secondary N) is 2. The van der Waals surface area contributed by atoms with Crippen molar-refractivity contribution in [3.8, 4) is 11.3 Å². The lowest BCUT2D eigenvalue weighted by molar-refractivity contribution is -0.192. The summed E-state index contributed by atoms with van der Waals surface area (Å²) < 4.78 is 63.7. The quantitative estimate of drug-likeness (QED) is 0.619. The van der Waals surface area contributed by atoms with Gasteiger partial charge in [-0.05, 0) is 43.0 Å². The Hall–Kier alpha value is -3.02. The Morgan fingerprint density at radius 1 is 1.29 bits per heavy atom. The number of aliphatic carboxylic acids is 1. The third-order valence-electron chi connectivity index (χ3n) is 4.54. The molecule has 0 saturated carbocycles. The molecule has 0 radical (unpaired) electrons. The van der Waals surface area contributed by atoms with Crippen molar-refractivity contribution >= 4 is 11.9 Å². The summed E-state index contributed by atoms with van der Waals surface area (Å²) >= 11 is 0. The molecule has 1 aliphatic rings. The third-order valence-corrected chi connectivity index (χ3v) is 4.54. The first-order valence-electron chi connectivity index (χ1n) is 9.12. The number of alkyl halides is 3. The van der Waals surface area contributed by atoms with E-state index in [9.17, 15) is 26.7 Å². The van der Waals surface area contributed by atoms with Gasteiger partial charge in [-0.25, -0.2) is 13.6 Å². The van der Waals surface area contributed by atoms with E-state index in [2.05, 4.69) is 22.7 Å². The fraction of sp³-hybridized carbons (Fsp3) is 0.421. The number of amides is 1. The van der Waals surface area contributed by atoms with E-state index in [0.717, 1.165) is 44.1 Å². The number of nitrogens with zero attached hydrogens (tertiary/aromatic N) is 1. The Kier molecular flexibility index (Phi) is 7.71. The highest BCUT2D eigenvalue weighted by molar-refractivity contribution is 5.93. The second-order valence-electron chi connectivity index (χ2n) is 7.28. The van der Waals surface area contributed by atoms with Gasteiger partial charge < -0.3 is 20.3 Å². The van der Waals surface area contributed by atoms with Crippen LogP contribution in [0.15, 0.2) is 28.8 Å². The SMILES string of the molecule is CC1(CNC(=O)c2cc(-c3cc(F)ccc3F)on2)CCCNC1.O=C(O)C(F)(F)F. The van der Waals surface area contributed by atoms with E-state index in [1.54, 1.807) is 0 Å². The number of rotatable bonds is 4. The molecule has 1 atom stereocenters. The van der Waals surface area contributed by atoms with Crippen molar-refractivity contribution in [2.75, 3.05) is 19.6 Å². The molecule has 1 aromatic heterocycles. The van der Waals surface area contributed by atoms with Gasteiger partial charge in [0, 0.05) is 19.2 Å². The molecule has 170 valence electrons. The van der Waals surface area contributed by atoms with Crippen LogP contribution in [0, 0.1) is 17.0 Å². The van der Waals surface area contributed by atoms with Crippen LogP contribution in [0.1, 0.15) is 30.3 Å². The molecule has 31 heavy (non-hydrogen) atoms. The van der Waals surface area contributed by atoms with Crippen LogP contribution >= 0.6 is 0 Å². The number of aromatic nitrogens is 1. The van der Waals surface area contributed by atoms with Crippen LogP contribution in [0.2, 0.25) is 0 Å². The number of hydrogen-bond donors (Lipinski definition) is 3. The van der Waals surface area contributed by atoms with Gasteiger partial charge in [0.2, 0.25) is 0 Å². The van der Waals surface area contributed by atoms with Gasteiger partial charge in [0.05, 0.1) is 5.56 Å². The van der Waals surface area contributed by atoms with Crippen molar-refractivity contribution in [1.29, 1.82) is 0 Å². The predicted octanol–water partition coefficient (Wildman–Crippen LogP) is 3.37. The summed E-state index contributed by atoms with van der Waals surface area (Å²) in [5, 5.41) is 16.9. The molecule has 1 saturated heterocycles. The van der Waals surface area contributed by atoms with E-state index < -0.39 is 29.7 Å². The summed E-state index contributed by atoms with van der Waals surface area (Å²) in [6.07, 6.45) is -2.99. The molecule has 3 rings (SSSR count).